The minimum Gasteiger partial charge on any atom is -0.389 e. The number of anilines is 1. The van der Waals surface area contributed by atoms with Gasteiger partial charge < -0.3 is 10.1 Å². The molecule has 0 radical (unpaired) electrons. The minimum absolute atomic E-state index is 0.209. The lowest BCUT2D eigenvalue weighted by Crippen LogP contribution is -2.29. The molecule has 32 heavy (non-hydrogen) atoms. The van der Waals surface area contributed by atoms with Crippen LogP contribution < -0.4 is 4.72 Å². The number of fused-ring (bicyclic) bond motifs is 1. The van der Waals surface area contributed by atoms with Gasteiger partial charge in [0.2, 0.25) is 0 Å². The molecule has 0 saturated heterocycles. The van der Waals surface area contributed by atoms with Crippen LogP contribution in [-0.2, 0) is 10.0 Å². The largest absolute Gasteiger partial charge is 0.516 e. The van der Waals surface area contributed by atoms with E-state index in [1.54, 1.807) is 6.92 Å². The van der Waals surface area contributed by atoms with E-state index in [0.717, 1.165) is 22.2 Å². The summed E-state index contributed by atoms with van der Waals surface area (Å²) in [5.74, 6) is 0.478. The van der Waals surface area contributed by atoms with Crippen LogP contribution in [0.5, 0.6) is 0 Å². The van der Waals surface area contributed by atoms with Crippen LogP contribution in [0.25, 0.3) is 33.5 Å². The van der Waals surface area contributed by atoms with Crippen molar-refractivity contribution in [2.24, 2.45) is 0 Å². The Labute approximate surface area is 181 Å². The number of halogens is 3. The van der Waals surface area contributed by atoms with E-state index in [4.69, 9.17) is 0 Å². The van der Waals surface area contributed by atoms with Gasteiger partial charge >= 0.3 is 15.5 Å². The van der Waals surface area contributed by atoms with E-state index in [-0.39, 0.29) is 5.69 Å². The van der Waals surface area contributed by atoms with Gasteiger partial charge in [-0.25, -0.2) is 4.98 Å². The first kappa shape index (κ1) is 21.8. The highest BCUT2D eigenvalue weighted by Crippen LogP contribution is 2.31. The van der Waals surface area contributed by atoms with Gasteiger partial charge in [0.1, 0.15) is 5.82 Å². The molecule has 4 aromatic rings. The van der Waals surface area contributed by atoms with E-state index >= 15 is 0 Å². The number of aromatic amines is 1. The van der Waals surface area contributed by atoms with Crippen molar-refractivity contribution in [1.82, 2.24) is 9.97 Å². The van der Waals surface area contributed by atoms with E-state index in [1.165, 1.54) is 29.0 Å². The average Bonchev–Trinajstić information content (AvgIpc) is 3.16. The number of aliphatic hydroxyl groups excluding tert-OH is 1. The highest BCUT2D eigenvalue weighted by atomic mass is 32.2. The summed E-state index contributed by atoms with van der Waals surface area (Å²) >= 11 is 0. The van der Waals surface area contributed by atoms with E-state index in [0.29, 0.717) is 16.9 Å². The molecule has 0 saturated carbocycles. The van der Waals surface area contributed by atoms with Gasteiger partial charge in [0.05, 0.1) is 17.1 Å². The second-order valence-electron chi connectivity index (χ2n) is 7.21. The maximum absolute atomic E-state index is 12.5. The summed E-state index contributed by atoms with van der Waals surface area (Å²) in [5.41, 5.74) is -1.04. The van der Waals surface area contributed by atoms with Gasteiger partial charge in [-0.2, -0.15) is 21.6 Å². The summed E-state index contributed by atoms with van der Waals surface area (Å²) in [6, 6.07) is 18.5. The summed E-state index contributed by atoms with van der Waals surface area (Å²) < 4.78 is 61.6. The van der Waals surface area contributed by atoms with Crippen molar-refractivity contribution >= 4 is 26.7 Å². The van der Waals surface area contributed by atoms with Crippen molar-refractivity contribution in [1.29, 1.82) is 0 Å². The SMILES string of the molecule is CC(O)c1ccccc1-c1ccc2nc(-c3ccc(NS(=O)(=O)C(F)(F)F)cc3)[nH]c2c1. The van der Waals surface area contributed by atoms with Crippen molar-refractivity contribution in [3.05, 3.63) is 72.3 Å². The second kappa shape index (κ2) is 7.95. The monoisotopic (exact) mass is 461 g/mol. The maximum Gasteiger partial charge on any atom is 0.516 e. The van der Waals surface area contributed by atoms with Crippen LogP contribution in [0.4, 0.5) is 18.9 Å². The normalized spacial score (nSPS) is 13.3. The number of aliphatic hydroxyl groups is 1. The van der Waals surface area contributed by atoms with Crippen molar-refractivity contribution < 1.29 is 26.7 Å². The predicted molar refractivity (Wildman–Crippen MR) is 116 cm³/mol. The summed E-state index contributed by atoms with van der Waals surface area (Å²) in [6.07, 6.45) is -0.632. The number of benzene rings is 3. The Bertz CT molecular complexity index is 1380. The fourth-order valence-corrected chi connectivity index (χ4v) is 3.91. The summed E-state index contributed by atoms with van der Waals surface area (Å²) in [7, 11) is -5.48. The zero-order valence-electron chi connectivity index (χ0n) is 16.7. The van der Waals surface area contributed by atoms with Crippen LogP contribution >= 0.6 is 0 Å². The molecule has 3 N–H and O–H groups in total. The van der Waals surface area contributed by atoms with Gasteiger partial charge in [0, 0.05) is 11.3 Å². The molecule has 0 aliphatic heterocycles. The number of hydrogen-bond donors (Lipinski definition) is 3. The number of alkyl halides is 3. The molecule has 0 amide bonds. The molecule has 10 heteroatoms. The van der Waals surface area contributed by atoms with Gasteiger partial charge in [-0.15, -0.1) is 0 Å². The van der Waals surface area contributed by atoms with Crippen LogP contribution in [0.15, 0.2) is 66.7 Å². The maximum atomic E-state index is 12.5. The highest BCUT2D eigenvalue weighted by Gasteiger charge is 2.46. The van der Waals surface area contributed by atoms with Gasteiger partial charge in [0.25, 0.3) is 0 Å². The van der Waals surface area contributed by atoms with E-state index in [2.05, 4.69) is 9.97 Å². The number of H-pyrrole nitrogens is 1. The Balaban J connectivity index is 1.64. The molecular formula is C22H18F3N3O3S. The third-order valence-corrected chi connectivity index (χ3v) is 6.03. The molecule has 0 fully saturated rings. The van der Waals surface area contributed by atoms with Crippen molar-refractivity contribution in [2.45, 2.75) is 18.5 Å². The highest BCUT2D eigenvalue weighted by molar-refractivity contribution is 7.93. The zero-order chi connectivity index (χ0) is 23.1. The van der Waals surface area contributed by atoms with Crippen molar-refractivity contribution in [2.75, 3.05) is 4.72 Å². The number of nitrogens with one attached hydrogen (secondary N) is 2. The lowest BCUT2D eigenvalue weighted by atomic mass is 9.96. The zero-order valence-corrected chi connectivity index (χ0v) is 17.5. The molecule has 1 heterocycles. The fraction of sp³-hybridized carbons (Fsp3) is 0.136. The molecule has 0 aliphatic rings. The first-order valence-corrected chi connectivity index (χ1v) is 11.0. The molecule has 4 rings (SSSR count). The molecule has 6 nitrogen and oxygen atoms in total. The second-order valence-corrected chi connectivity index (χ2v) is 8.88. The Morgan fingerprint density at radius 3 is 2.31 bits per heavy atom. The Morgan fingerprint density at radius 1 is 1.00 bits per heavy atom. The minimum atomic E-state index is -5.48. The summed E-state index contributed by atoms with van der Waals surface area (Å²) in [5, 5.41) is 10.0. The van der Waals surface area contributed by atoms with E-state index in [1.807, 2.05) is 42.5 Å². The lowest BCUT2D eigenvalue weighted by Gasteiger charge is -2.11. The molecular weight excluding hydrogens is 443 g/mol. The summed E-state index contributed by atoms with van der Waals surface area (Å²) in [6.45, 7) is 1.70. The third kappa shape index (κ3) is 4.19. The number of imidazole rings is 1. The first-order valence-electron chi connectivity index (χ1n) is 9.52. The van der Waals surface area contributed by atoms with Gasteiger partial charge in [0.15, 0.2) is 0 Å². The Kier molecular flexibility index (Phi) is 5.43. The summed E-state index contributed by atoms with van der Waals surface area (Å²) in [4.78, 5) is 7.67. The van der Waals surface area contributed by atoms with Crippen LogP contribution in [0.3, 0.4) is 0 Å². The van der Waals surface area contributed by atoms with Crippen molar-refractivity contribution in [3.8, 4) is 22.5 Å². The van der Waals surface area contributed by atoms with E-state index < -0.39 is 21.6 Å². The molecule has 166 valence electrons. The van der Waals surface area contributed by atoms with Gasteiger partial charge in [-0.05, 0) is 60.0 Å². The molecule has 1 aromatic heterocycles. The number of nitrogens with zero attached hydrogens (tertiary/aromatic N) is 1. The first-order chi connectivity index (χ1) is 15.0. The Morgan fingerprint density at radius 2 is 1.66 bits per heavy atom. The van der Waals surface area contributed by atoms with Crippen LogP contribution in [-0.4, -0.2) is 29.0 Å². The predicted octanol–water partition coefficient (Wildman–Crippen LogP) is 5.21. The standard InChI is InChI=1S/C22H18F3N3O3S/c1-13(29)17-4-2-3-5-18(17)15-8-11-19-20(12-15)27-21(26-19)14-6-9-16(10-7-14)28-32(30,31)22(23,24)25/h2-13,28-29H,1H3,(H,26,27). The quantitative estimate of drug-likeness (QED) is 0.380. The number of rotatable bonds is 5. The number of sulfonamides is 1. The molecule has 0 spiro atoms. The Hall–Kier alpha value is -3.37. The molecule has 0 bridgehead atoms. The molecule has 3 aromatic carbocycles. The van der Waals surface area contributed by atoms with Crippen LogP contribution in [0, 0.1) is 0 Å². The number of aromatic nitrogens is 2. The van der Waals surface area contributed by atoms with E-state index in [9.17, 15) is 26.7 Å². The van der Waals surface area contributed by atoms with Crippen LogP contribution in [0.1, 0.15) is 18.6 Å². The van der Waals surface area contributed by atoms with Crippen molar-refractivity contribution in [3.63, 3.8) is 0 Å². The van der Waals surface area contributed by atoms with Crippen LogP contribution in [0.2, 0.25) is 0 Å². The molecule has 1 atom stereocenters. The number of hydrogen-bond acceptors (Lipinski definition) is 4. The molecule has 0 aliphatic carbocycles. The van der Waals surface area contributed by atoms with Gasteiger partial charge in [-0.1, -0.05) is 30.3 Å². The molecule has 1 unspecified atom stereocenters. The lowest BCUT2D eigenvalue weighted by molar-refractivity contribution is -0.0429. The smallest absolute Gasteiger partial charge is 0.389 e. The average molecular weight is 461 g/mol. The topological polar surface area (TPSA) is 95.1 Å². The fourth-order valence-electron chi connectivity index (χ4n) is 3.35. The third-order valence-electron chi connectivity index (χ3n) is 4.92. The van der Waals surface area contributed by atoms with Gasteiger partial charge in [-0.3, -0.25) is 4.72 Å².